The van der Waals surface area contributed by atoms with Crippen LogP contribution in [0.15, 0.2) is 36.5 Å². The largest absolute Gasteiger partial charge is 0.383 e. The van der Waals surface area contributed by atoms with Gasteiger partial charge in [-0.3, -0.25) is 10.00 Å². The van der Waals surface area contributed by atoms with Crippen LogP contribution in [0.2, 0.25) is 0 Å². The van der Waals surface area contributed by atoms with E-state index in [0.29, 0.717) is 19.0 Å². The summed E-state index contributed by atoms with van der Waals surface area (Å²) in [5.74, 6) is 0.520. The van der Waals surface area contributed by atoms with Gasteiger partial charge < -0.3 is 10.1 Å². The summed E-state index contributed by atoms with van der Waals surface area (Å²) in [6.07, 6.45) is 2.82. The molecule has 0 saturated heterocycles. The first-order valence-corrected chi connectivity index (χ1v) is 7.81. The van der Waals surface area contributed by atoms with Gasteiger partial charge in [-0.1, -0.05) is 31.2 Å². The van der Waals surface area contributed by atoms with Crippen molar-refractivity contribution in [2.24, 2.45) is 0 Å². The zero-order valence-electron chi connectivity index (χ0n) is 13.9. The lowest BCUT2D eigenvalue weighted by molar-refractivity contribution is 0.183. The molecule has 1 heterocycles. The van der Waals surface area contributed by atoms with E-state index in [-0.39, 0.29) is 12.1 Å². The van der Waals surface area contributed by atoms with Gasteiger partial charge in [-0.15, -0.1) is 0 Å². The zero-order valence-corrected chi connectivity index (χ0v) is 13.9. The molecular formula is C17H24N4O2. The molecule has 1 aromatic carbocycles. The van der Waals surface area contributed by atoms with Gasteiger partial charge in [-0.05, 0) is 24.5 Å². The van der Waals surface area contributed by atoms with Crippen molar-refractivity contribution in [3.05, 3.63) is 47.7 Å². The first-order valence-electron chi connectivity index (χ1n) is 7.81. The highest BCUT2D eigenvalue weighted by molar-refractivity contribution is 5.88. The van der Waals surface area contributed by atoms with Crippen LogP contribution in [-0.2, 0) is 17.7 Å². The number of methoxy groups -OCH3 is 1. The van der Waals surface area contributed by atoms with Crippen molar-refractivity contribution < 1.29 is 9.53 Å². The molecule has 0 spiro atoms. The predicted molar refractivity (Wildman–Crippen MR) is 90.5 cm³/mol. The normalized spacial score (nSPS) is 12.0. The number of nitrogens with zero attached hydrogens (tertiary/aromatic N) is 2. The van der Waals surface area contributed by atoms with Gasteiger partial charge in [0, 0.05) is 19.4 Å². The van der Waals surface area contributed by atoms with Crippen LogP contribution in [0.5, 0.6) is 0 Å². The highest BCUT2D eigenvalue weighted by atomic mass is 16.5. The maximum absolute atomic E-state index is 12.0. The van der Waals surface area contributed by atoms with Gasteiger partial charge in [-0.2, -0.15) is 5.10 Å². The molecule has 2 amide bonds. The average molecular weight is 316 g/mol. The van der Waals surface area contributed by atoms with Crippen molar-refractivity contribution in [1.29, 1.82) is 0 Å². The standard InChI is InChI=1S/C17H24N4O2/c1-4-14-5-7-15(8-6-14)13(2)18-17(22)19-16-9-10-21(20-16)11-12-23-3/h5-10,13H,4,11-12H2,1-3H3,(H2,18,19,20,22). The van der Waals surface area contributed by atoms with Crippen molar-refractivity contribution in [3.8, 4) is 0 Å². The summed E-state index contributed by atoms with van der Waals surface area (Å²) in [4.78, 5) is 12.0. The van der Waals surface area contributed by atoms with E-state index in [9.17, 15) is 4.79 Å². The maximum Gasteiger partial charge on any atom is 0.320 e. The molecule has 1 atom stereocenters. The number of anilines is 1. The minimum atomic E-state index is -0.269. The van der Waals surface area contributed by atoms with Crippen LogP contribution >= 0.6 is 0 Å². The summed E-state index contributed by atoms with van der Waals surface area (Å²) in [7, 11) is 1.64. The lowest BCUT2D eigenvalue weighted by Crippen LogP contribution is -2.31. The quantitative estimate of drug-likeness (QED) is 0.825. The summed E-state index contributed by atoms with van der Waals surface area (Å²) in [5.41, 5.74) is 2.36. The number of aromatic nitrogens is 2. The van der Waals surface area contributed by atoms with E-state index in [1.165, 1.54) is 5.56 Å². The molecule has 0 aliphatic rings. The summed E-state index contributed by atoms with van der Waals surface area (Å²) >= 11 is 0. The van der Waals surface area contributed by atoms with Crippen LogP contribution in [0.25, 0.3) is 0 Å². The van der Waals surface area contributed by atoms with Crippen LogP contribution in [-0.4, -0.2) is 29.5 Å². The van der Waals surface area contributed by atoms with Crippen molar-refractivity contribution in [1.82, 2.24) is 15.1 Å². The highest BCUT2D eigenvalue weighted by Crippen LogP contribution is 2.14. The smallest absolute Gasteiger partial charge is 0.320 e. The van der Waals surface area contributed by atoms with Gasteiger partial charge >= 0.3 is 6.03 Å². The zero-order chi connectivity index (χ0) is 16.7. The van der Waals surface area contributed by atoms with Crippen LogP contribution in [0, 0.1) is 0 Å². The third-order valence-electron chi connectivity index (χ3n) is 3.64. The molecule has 6 heteroatoms. The molecule has 0 radical (unpaired) electrons. The van der Waals surface area contributed by atoms with Crippen LogP contribution in [0.3, 0.4) is 0 Å². The van der Waals surface area contributed by atoms with Crippen LogP contribution in [0.1, 0.15) is 31.0 Å². The fourth-order valence-corrected chi connectivity index (χ4v) is 2.21. The Kier molecular flexibility index (Phi) is 6.17. The molecule has 0 aliphatic heterocycles. The van der Waals surface area contributed by atoms with Crippen molar-refractivity contribution in [2.45, 2.75) is 32.9 Å². The molecule has 1 aromatic heterocycles. The fourth-order valence-electron chi connectivity index (χ4n) is 2.21. The second kappa shape index (κ2) is 8.33. The van der Waals surface area contributed by atoms with Crippen molar-refractivity contribution in [3.63, 3.8) is 0 Å². The van der Waals surface area contributed by atoms with E-state index in [4.69, 9.17) is 4.74 Å². The number of aryl methyl sites for hydroxylation is 1. The molecule has 0 saturated carbocycles. The van der Waals surface area contributed by atoms with E-state index >= 15 is 0 Å². The first kappa shape index (κ1) is 17.0. The Morgan fingerprint density at radius 3 is 2.70 bits per heavy atom. The van der Waals surface area contributed by atoms with Crippen LogP contribution in [0.4, 0.5) is 10.6 Å². The number of hydrogen-bond donors (Lipinski definition) is 2. The molecule has 124 valence electrons. The summed E-state index contributed by atoms with van der Waals surface area (Å²) in [5, 5.41) is 9.90. The first-order chi connectivity index (χ1) is 11.1. The number of rotatable bonds is 7. The van der Waals surface area contributed by atoms with Crippen LogP contribution < -0.4 is 10.6 Å². The van der Waals surface area contributed by atoms with Crippen molar-refractivity contribution >= 4 is 11.8 Å². The Morgan fingerprint density at radius 1 is 1.30 bits per heavy atom. The third-order valence-corrected chi connectivity index (χ3v) is 3.64. The molecule has 0 fully saturated rings. The number of nitrogens with one attached hydrogen (secondary N) is 2. The van der Waals surface area contributed by atoms with E-state index in [0.717, 1.165) is 12.0 Å². The highest BCUT2D eigenvalue weighted by Gasteiger charge is 2.10. The summed E-state index contributed by atoms with van der Waals surface area (Å²) in [6.45, 7) is 5.31. The van der Waals surface area contributed by atoms with E-state index in [2.05, 4.69) is 34.8 Å². The number of ether oxygens (including phenoxy) is 1. The number of amides is 2. The molecule has 6 nitrogen and oxygen atoms in total. The molecule has 2 aromatic rings. The second-order valence-electron chi connectivity index (χ2n) is 5.37. The molecule has 1 unspecified atom stereocenters. The Morgan fingerprint density at radius 2 is 2.04 bits per heavy atom. The molecular weight excluding hydrogens is 292 g/mol. The van der Waals surface area contributed by atoms with E-state index in [1.807, 2.05) is 25.3 Å². The number of hydrogen-bond acceptors (Lipinski definition) is 3. The topological polar surface area (TPSA) is 68.2 Å². The number of urea groups is 1. The molecule has 2 N–H and O–H groups in total. The summed E-state index contributed by atoms with van der Waals surface area (Å²) < 4.78 is 6.72. The summed E-state index contributed by atoms with van der Waals surface area (Å²) in [6, 6.07) is 9.68. The molecule has 23 heavy (non-hydrogen) atoms. The van der Waals surface area contributed by atoms with E-state index < -0.39 is 0 Å². The monoisotopic (exact) mass is 316 g/mol. The number of carbonyl (C=O) groups is 1. The second-order valence-corrected chi connectivity index (χ2v) is 5.37. The predicted octanol–water partition coefficient (Wildman–Crippen LogP) is 2.97. The Balaban J connectivity index is 1.86. The SMILES string of the molecule is CCc1ccc(C(C)NC(=O)Nc2ccn(CCOC)n2)cc1. The minimum absolute atomic E-state index is 0.0727. The van der Waals surface area contributed by atoms with Gasteiger partial charge in [0.05, 0.1) is 19.2 Å². The number of benzene rings is 1. The fraction of sp³-hybridized carbons (Fsp3) is 0.412. The van der Waals surface area contributed by atoms with Gasteiger partial charge in [-0.25, -0.2) is 4.79 Å². The lowest BCUT2D eigenvalue weighted by atomic mass is 10.1. The Labute approximate surface area is 136 Å². The van der Waals surface area contributed by atoms with Gasteiger partial charge in [0.2, 0.25) is 0 Å². The van der Waals surface area contributed by atoms with E-state index in [1.54, 1.807) is 17.9 Å². The molecule has 0 aliphatic carbocycles. The van der Waals surface area contributed by atoms with Gasteiger partial charge in [0.15, 0.2) is 5.82 Å². The number of carbonyl (C=O) groups excluding carboxylic acids is 1. The molecule has 0 bridgehead atoms. The molecule has 2 rings (SSSR count). The lowest BCUT2D eigenvalue weighted by Gasteiger charge is -2.14. The Hall–Kier alpha value is -2.34. The van der Waals surface area contributed by atoms with Crippen molar-refractivity contribution in [2.75, 3.05) is 19.0 Å². The minimum Gasteiger partial charge on any atom is -0.383 e. The average Bonchev–Trinajstić information content (AvgIpc) is 3.00. The Bertz CT molecular complexity index is 622. The van der Waals surface area contributed by atoms with Gasteiger partial charge in [0.1, 0.15) is 0 Å². The van der Waals surface area contributed by atoms with Gasteiger partial charge in [0.25, 0.3) is 0 Å². The third kappa shape index (κ3) is 5.10. The maximum atomic E-state index is 12.0.